The lowest BCUT2D eigenvalue weighted by Gasteiger charge is -2.27. The number of allylic oxidation sites excluding steroid dienone is 2. The van der Waals surface area contributed by atoms with Crippen LogP contribution in [0.25, 0.3) is 0 Å². The van der Waals surface area contributed by atoms with E-state index in [1.807, 2.05) is 18.2 Å². The predicted molar refractivity (Wildman–Crippen MR) is 101 cm³/mol. The van der Waals surface area contributed by atoms with Crippen molar-refractivity contribution in [2.24, 2.45) is 11.8 Å². The van der Waals surface area contributed by atoms with Crippen molar-refractivity contribution in [2.75, 3.05) is 13.2 Å². The van der Waals surface area contributed by atoms with Gasteiger partial charge in [-0.25, -0.2) is 0 Å². The van der Waals surface area contributed by atoms with E-state index >= 15 is 0 Å². The fourth-order valence-corrected chi connectivity index (χ4v) is 4.18. The first kappa shape index (κ1) is 19.3. The first-order valence-electron chi connectivity index (χ1n) is 9.82. The number of carbonyl (C=O) groups excluding carboxylic acids is 1. The van der Waals surface area contributed by atoms with Crippen LogP contribution in [0.5, 0.6) is 0 Å². The van der Waals surface area contributed by atoms with Crippen LogP contribution in [0.3, 0.4) is 0 Å². The van der Waals surface area contributed by atoms with E-state index in [4.69, 9.17) is 14.6 Å². The van der Waals surface area contributed by atoms with Crippen molar-refractivity contribution >= 4 is 5.78 Å². The van der Waals surface area contributed by atoms with Crippen molar-refractivity contribution in [3.8, 4) is 0 Å². The summed E-state index contributed by atoms with van der Waals surface area (Å²) in [5, 5.41) is 8.72. The summed E-state index contributed by atoms with van der Waals surface area (Å²) in [5.74, 6) is 0.952. The lowest BCUT2D eigenvalue weighted by molar-refractivity contribution is -0.121. The van der Waals surface area contributed by atoms with Crippen LogP contribution in [0.4, 0.5) is 0 Å². The monoisotopic (exact) mass is 358 g/mol. The Hall–Kier alpha value is -1.49. The summed E-state index contributed by atoms with van der Waals surface area (Å²) in [6.07, 6.45) is 10.7. The Morgan fingerprint density at radius 1 is 1.15 bits per heavy atom. The predicted octanol–water partition coefficient (Wildman–Crippen LogP) is 3.67. The van der Waals surface area contributed by atoms with Crippen molar-refractivity contribution in [3.05, 3.63) is 48.0 Å². The third-order valence-electron chi connectivity index (χ3n) is 5.59. The van der Waals surface area contributed by atoms with Gasteiger partial charge in [-0.3, -0.25) is 4.79 Å². The van der Waals surface area contributed by atoms with Crippen LogP contribution in [0, 0.1) is 11.8 Å². The minimum absolute atomic E-state index is 0.0736. The van der Waals surface area contributed by atoms with E-state index in [1.165, 1.54) is 12.0 Å². The molecular formula is C22H30O4. The van der Waals surface area contributed by atoms with Crippen LogP contribution in [-0.2, 0) is 20.9 Å². The highest BCUT2D eigenvalue weighted by Gasteiger charge is 2.48. The third kappa shape index (κ3) is 5.26. The molecule has 1 aromatic carbocycles. The van der Waals surface area contributed by atoms with Gasteiger partial charge >= 0.3 is 0 Å². The Kier molecular flexibility index (Phi) is 7.42. The quantitative estimate of drug-likeness (QED) is 0.484. The van der Waals surface area contributed by atoms with Gasteiger partial charge < -0.3 is 14.6 Å². The Bertz CT molecular complexity index is 583. The van der Waals surface area contributed by atoms with E-state index < -0.39 is 0 Å². The maximum Gasteiger partial charge on any atom is 0.158 e. The van der Waals surface area contributed by atoms with E-state index in [1.54, 1.807) is 0 Å². The number of unbranched alkanes of at least 4 members (excludes halogenated alkanes) is 1. The second kappa shape index (κ2) is 10.0. The SMILES string of the molecule is O=C(CO)CCCC=CC[C@@H]1[C@H](COCc2ccccc2)[C@@H]2CC[C@H]1O2. The van der Waals surface area contributed by atoms with Gasteiger partial charge in [0, 0.05) is 12.3 Å². The van der Waals surface area contributed by atoms with Gasteiger partial charge in [0.15, 0.2) is 5.78 Å². The molecule has 2 bridgehead atoms. The molecule has 2 fully saturated rings. The molecule has 0 spiro atoms. The molecule has 0 unspecified atom stereocenters. The zero-order valence-electron chi connectivity index (χ0n) is 15.4. The van der Waals surface area contributed by atoms with Crippen molar-refractivity contribution in [1.82, 2.24) is 0 Å². The third-order valence-corrected chi connectivity index (χ3v) is 5.59. The van der Waals surface area contributed by atoms with Crippen LogP contribution in [-0.4, -0.2) is 36.3 Å². The fraction of sp³-hybridized carbons (Fsp3) is 0.591. The number of rotatable bonds is 11. The first-order valence-corrected chi connectivity index (χ1v) is 9.82. The lowest BCUT2D eigenvalue weighted by atomic mass is 9.78. The summed E-state index contributed by atoms with van der Waals surface area (Å²) in [6, 6.07) is 10.3. The highest BCUT2D eigenvalue weighted by atomic mass is 16.5. The van der Waals surface area contributed by atoms with E-state index in [-0.39, 0.29) is 12.4 Å². The molecule has 142 valence electrons. The van der Waals surface area contributed by atoms with E-state index in [9.17, 15) is 4.79 Å². The highest BCUT2D eigenvalue weighted by molar-refractivity contribution is 5.79. The molecule has 1 N–H and O–H groups in total. The van der Waals surface area contributed by atoms with Crippen molar-refractivity contribution in [2.45, 2.75) is 57.3 Å². The standard InChI is InChI=1S/C22H30O4/c23-14-18(24)10-6-1-2-7-11-19-20(22-13-12-21(19)26-22)16-25-15-17-8-4-3-5-9-17/h2-5,7-9,19-23H,1,6,10-16H2/t19-,20+,21-,22+/m1/s1. The van der Waals surface area contributed by atoms with E-state index in [2.05, 4.69) is 24.3 Å². The molecule has 4 heteroatoms. The van der Waals surface area contributed by atoms with Gasteiger partial charge in [-0.15, -0.1) is 0 Å². The molecule has 0 saturated carbocycles. The lowest BCUT2D eigenvalue weighted by Crippen LogP contribution is -2.30. The molecular weight excluding hydrogens is 328 g/mol. The number of carbonyl (C=O) groups is 1. The summed E-state index contributed by atoms with van der Waals surface area (Å²) in [7, 11) is 0. The van der Waals surface area contributed by atoms with Crippen LogP contribution in [0.2, 0.25) is 0 Å². The molecule has 3 rings (SSSR count). The second-order valence-corrected chi connectivity index (χ2v) is 7.41. The second-order valence-electron chi connectivity index (χ2n) is 7.41. The number of aliphatic hydroxyl groups excluding tert-OH is 1. The number of ether oxygens (including phenoxy) is 2. The van der Waals surface area contributed by atoms with Crippen LogP contribution in [0.1, 0.15) is 44.1 Å². The molecule has 4 nitrogen and oxygen atoms in total. The average Bonchev–Trinajstić information content (AvgIpc) is 3.27. The average molecular weight is 358 g/mol. The zero-order valence-corrected chi connectivity index (χ0v) is 15.4. The smallest absolute Gasteiger partial charge is 0.158 e. The molecule has 2 saturated heterocycles. The summed E-state index contributed by atoms with van der Waals surface area (Å²) in [4.78, 5) is 11.1. The Morgan fingerprint density at radius 2 is 1.92 bits per heavy atom. The van der Waals surface area contributed by atoms with Gasteiger partial charge in [-0.2, -0.15) is 0 Å². The number of aliphatic hydroxyl groups is 1. The number of hydrogen-bond donors (Lipinski definition) is 1. The maximum absolute atomic E-state index is 11.1. The molecule has 2 aliphatic rings. The fourth-order valence-electron chi connectivity index (χ4n) is 4.18. The molecule has 0 aromatic heterocycles. The van der Waals surface area contributed by atoms with Crippen LogP contribution >= 0.6 is 0 Å². The minimum atomic E-state index is -0.336. The largest absolute Gasteiger partial charge is 0.389 e. The molecule has 0 radical (unpaired) electrons. The van der Waals surface area contributed by atoms with E-state index in [0.29, 0.717) is 37.1 Å². The Morgan fingerprint density at radius 3 is 2.69 bits per heavy atom. The molecule has 2 aliphatic heterocycles. The number of benzene rings is 1. The Balaban J connectivity index is 1.41. The number of hydrogen-bond acceptors (Lipinski definition) is 4. The summed E-state index contributed by atoms with van der Waals surface area (Å²) < 4.78 is 12.1. The van der Waals surface area contributed by atoms with Gasteiger partial charge in [0.05, 0.1) is 25.4 Å². The highest BCUT2D eigenvalue weighted by Crippen LogP contribution is 2.45. The van der Waals surface area contributed by atoms with Gasteiger partial charge in [-0.1, -0.05) is 42.5 Å². The zero-order chi connectivity index (χ0) is 18.2. The normalized spacial score (nSPS) is 27.4. The van der Waals surface area contributed by atoms with Gasteiger partial charge in [-0.05, 0) is 43.6 Å². The Labute approximate surface area is 156 Å². The molecule has 0 aliphatic carbocycles. The van der Waals surface area contributed by atoms with Crippen LogP contribution < -0.4 is 0 Å². The number of fused-ring (bicyclic) bond motifs is 2. The van der Waals surface area contributed by atoms with Crippen molar-refractivity contribution in [1.29, 1.82) is 0 Å². The summed E-state index contributed by atoms with van der Waals surface area (Å²) in [6.45, 7) is 1.09. The minimum Gasteiger partial charge on any atom is -0.389 e. The van der Waals surface area contributed by atoms with Crippen molar-refractivity contribution < 1.29 is 19.4 Å². The summed E-state index contributed by atoms with van der Waals surface area (Å²) >= 11 is 0. The van der Waals surface area contributed by atoms with Crippen LogP contribution in [0.15, 0.2) is 42.5 Å². The maximum atomic E-state index is 11.1. The topological polar surface area (TPSA) is 55.8 Å². The van der Waals surface area contributed by atoms with E-state index in [0.717, 1.165) is 32.3 Å². The van der Waals surface area contributed by atoms with Crippen molar-refractivity contribution in [3.63, 3.8) is 0 Å². The molecule has 0 amide bonds. The van der Waals surface area contributed by atoms with Gasteiger partial charge in [0.2, 0.25) is 0 Å². The molecule has 1 aromatic rings. The first-order chi connectivity index (χ1) is 12.8. The van der Waals surface area contributed by atoms with Gasteiger partial charge in [0.25, 0.3) is 0 Å². The van der Waals surface area contributed by atoms with Gasteiger partial charge in [0.1, 0.15) is 6.61 Å². The molecule has 26 heavy (non-hydrogen) atoms. The number of ketones is 1. The number of Topliss-reactive ketones (excluding diaryl/α,β-unsaturated/α-hetero) is 1. The summed E-state index contributed by atoms with van der Waals surface area (Å²) in [5.41, 5.74) is 1.21. The molecule has 4 atom stereocenters. The molecule has 2 heterocycles.